The number of benzene rings is 2. The number of carbonyl (C=O) groups excluding carboxylic acids is 1. The van der Waals surface area contributed by atoms with Crippen LogP contribution in [0.2, 0.25) is 5.02 Å². The van der Waals surface area contributed by atoms with Gasteiger partial charge in [-0.05, 0) is 56.2 Å². The van der Waals surface area contributed by atoms with Gasteiger partial charge in [0.15, 0.2) is 0 Å². The molecule has 0 aromatic heterocycles. The number of carbonyl (C=O) groups is 1. The number of nitrogens with one attached hydrogen (secondary N) is 2. The lowest BCUT2D eigenvalue weighted by Gasteiger charge is -2.23. The molecule has 0 atom stereocenters. The molecule has 0 unspecified atom stereocenters. The summed E-state index contributed by atoms with van der Waals surface area (Å²) >= 11 is 5.97. The minimum Gasteiger partial charge on any atom is -0.370 e. The molecule has 0 aliphatic carbocycles. The number of anilines is 2. The molecule has 2 N–H and O–H groups in total. The van der Waals surface area contributed by atoms with Crippen molar-refractivity contribution in [1.82, 2.24) is 5.32 Å². The van der Waals surface area contributed by atoms with Crippen LogP contribution in [0.1, 0.15) is 18.1 Å². The standard InChI is InChI=1S/C19H24ClN3O/c1-4-23(17-7-5-6-14(2)12-17)11-10-21-19(24)22-18-13-16(20)9-8-15(18)3/h5-9,12-13H,4,10-11H2,1-3H3,(H2,21,22,24). The molecule has 0 bridgehead atoms. The average Bonchev–Trinajstić information content (AvgIpc) is 2.55. The SMILES string of the molecule is CCN(CCNC(=O)Nc1cc(Cl)ccc1C)c1cccc(C)c1. The summed E-state index contributed by atoms with van der Waals surface area (Å²) in [5, 5.41) is 6.34. The zero-order valence-corrected chi connectivity index (χ0v) is 15.2. The molecule has 2 rings (SSSR count). The molecule has 4 nitrogen and oxygen atoms in total. The van der Waals surface area contributed by atoms with Crippen LogP contribution >= 0.6 is 11.6 Å². The van der Waals surface area contributed by atoms with Crippen LogP contribution in [0.4, 0.5) is 16.2 Å². The number of hydrogen-bond acceptors (Lipinski definition) is 2. The van der Waals surface area contributed by atoms with Crippen LogP contribution in [0.25, 0.3) is 0 Å². The van der Waals surface area contributed by atoms with E-state index in [0.717, 1.165) is 24.3 Å². The second kappa shape index (κ2) is 8.60. The van der Waals surface area contributed by atoms with Crippen molar-refractivity contribution in [2.75, 3.05) is 29.9 Å². The van der Waals surface area contributed by atoms with Gasteiger partial charge in [-0.1, -0.05) is 29.8 Å². The second-order valence-electron chi connectivity index (χ2n) is 5.76. The Hall–Kier alpha value is -2.20. The van der Waals surface area contributed by atoms with Crippen molar-refractivity contribution in [3.05, 3.63) is 58.6 Å². The van der Waals surface area contributed by atoms with Crippen LogP contribution < -0.4 is 15.5 Å². The third-order valence-corrected chi connectivity index (χ3v) is 4.10. The predicted molar refractivity (Wildman–Crippen MR) is 102 cm³/mol. The first-order chi connectivity index (χ1) is 11.5. The molecule has 0 saturated heterocycles. The summed E-state index contributed by atoms with van der Waals surface area (Å²) in [4.78, 5) is 14.3. The maximum absolute atomic E-state index is 12.1. The molecule has 0 aliphatic rings. The number of nitrogens with zero attached hydrogens (tertiary/aromatic N) is 1. The number of hydrogen-bond donors (Lipinski definition) is 2. The van der Waals surface area contributed by atoms with E-state index in [4.69, 9.17) is 11.6 Å². The molecule has 2 aromatic rings. The number of likely N-dealkylation sites (N-methyl/N-ethyl adjacent to an activating group) is 1. The quantitative estimate of drug-likeness (QED) is 0.803. The smallest absolute Gasteiger partial charge is 0.319 e. The number of urea groups is 1. The van der Waals surface area contributed by atoms with Crippen LogP contribution in [0, 0.1) is 13.8 Å². The first kappa shape index (κ1) is 18.1. The molecule has 0 heterocycles. The van der Waals surface area contributed by atoms with Gasteiger partial charge in [-0.2, -0.15) is 0 Å². The summed E-state index contributed by atoms with van der Waals surface area (Å²) < 4.78 is 0. The number of amides is 2. The highest BCUT2D eigenvalue weighted by Crippen LogP contribution is 2.20. The van der Waals surface area contributed by atoms with Gasteiger partial charge in [-0.25, -0.2) is 4.79 Å². The van der Waals surface area contributed by atoms with Crippen LogP contribution in [0.5, 0.6) is 0 Å². The summed E-state index contributed by atoms with van der Waals surface area (Å²) in [6.07, 6.45) is 0. The second-order valence-corrected chi connectivity index (χ2v) is 6.20. The third-order valence-electron chi connectivity index (χ3n) is 3.86. The summed E-state index contributed by atoms with van der Waals surface area (Å²) in [6, 6.07) is 13.6. The Morgan fingerprint density at radius 1 is 1.17 bits per heavy atom. The van der Waals surface area contributed by atoms with Crippen LogP contribution in [0.3, 0.4) is 0 Å². The third kappa shape index (κ3) is 5.17. The van der Waals surface area contributed by atoms with Crippen molar-refractivity contribution >= 4 is 29.0 Å². The van der Waals surface area contributed by atoms with E-state index < -0.39 is 0 Å². The van der Waals surface area contributed by atoms with Gasteiger partial charge in [0.25, 0.3) is 0 Å². The first-order valence-corrected chi connectivity index (χ1v) is 8.50. The van der Waals surface area contributed by atoms with Crippen LogP contribution in [-0.4, -0.2) is 25.7 Å². The Balaban J connectivity index is 1.86. The van der Waals surface area contributed by atoms with Gasteiger partial charge in [-0.3, -0.25) is 0 Å². The maximum Gasteiger partial charge on any atom is 0.319 e. The molecule has 2 amide bonds. The van der Waals surface area contributed by atoms with Gasteiger partial charge in [0.1, 0.15) is 0 Å². The van der Waals surface area contributed by atoms with Gasteiger partial charge >= 0.3 is 6.03 Å². The van der Waals surface area contributed by atoms with Gasteiger partial charge in [0, 0.05) is 36.0 Å². The molecule has 128 valence electrons. The van der Waals surface area contributed by atoms with Crippen molar-refractivity contribution < 1.29 is 4.79 Å². The Morgan fingerprint density at radius 3 is 2.67 bits per heavy atom. The molecule has 0 fully saturated rings. The van der Waals surface area contributed by atoms with Gasteiger partial charge in [0.05, 0.1) is 0 Å². The van der Waals surface area contributed by atoms with Crippen molar-refractivity contribution in [3.63, 3.8) is 0 Å². The monoisotopic (exact) mass is 345 g/mol. The molecule has 0 aliphatic heterocycles. The van der Waals surface area contributed by atoms with E-state index in [-0.39, 0.29) is 6.03 Å². The average molecular weight is 346 g/mol. The lowest BCUT2D eigenvalue weighted by atomic mass is 10.2. The molecule has 2 aromatic carbocycles. The zero-order valence-electron chi connectivity index (χ0n) is 14.4. The minimum atomic E-state index is -0.222. The van der Waals surface area contributed by atoms with E-state index in [1.165, 1.54) is 11.3 Å². The van der Waals surface area contributed by atoms with E-state index in [2.05, 4.69) is 53.6 Å². The van der Waals surface area contributed by atoms with Crippen LogP contribution in [0.15, 0.2) is 42.5 Å². The van der Waals surface area contributed by atoms with E-state index in [0.29, 0.717) is 11.6 Å². The fourth-order valence-corrected chi connectivity index (χ4v) is 2.67. The highest BCUT2D eigenvalue weighted by Gasteiger charge is 2.07. The maximum atomic E-state index is 12.1. The predicted octanol–water partition coefficient (Wildman–Crippen LogP) is 4.60. The lowest BCUT2D eigenvalue weighted by molar-refractivity contribution is 0.252. The highest BCUT2D eigenvalue weighted by molar-refractivity contribution is 6.31. The topological polar surface area (TPSA) is 44.4 Å². The number of halogens is 1. The molecule has 0 saturated carbocycles. The molecular weight excluding hydrogens is 322 g/mol. The normalized spacial score (nSPS) is 10.3. The molecule has 0 radical (unpaired) electrons. The van der Waals surface area contributed by atoms with Crippen molar-refractivity contribution in [3.8, 4) is 0 Å². The number of rotatable bonds is 6. The Labute approximate surface area is 148 Å². The highest BCUT2D eigenvalue weighted by atomic mass is 35.5. The fraction of sp³-hybridized carbons (Fsp3) is 0.316. The summed E-state index contributed by atoms with van der Waals surface area (Å²) in [7, 11) is 0. The zero-order chi connectivity index (χ0) is 17.5. The molecule has 5 heteroatoms. The lowest BCUT2D eigenvalue weighted by Crippen LogP contribution is -2.37. The first-order valence-electron chi connectivity index (χ1n) is 8.12. The van der Waals surface area contributed by atoms with Crippen molar-refractivity contribution in [2.45, 2.75) is 20.8 Å². The van der Waals surface area contributed by atoms with Crippen molar-refractivity contribution in [1.29, 1.82) is 0 Å². The van der Waals surface area contributed by atoms with E-state index in [9.17, 15) is 4.79 Å². The van der Waals surface area contributed by atoms with E-state index in [1.54, 1.807) is 12.1 Å². The van der Waals surface area contributed by atoms with Gasteiger partial charge < -0.3 is 15.5 Å². The molecule has 0 spiro atoms. The minimum absolute atomic E-state index is 0.222. The molecule has 24 heavy (non-hydrogen) atoms. The fourth-order valence-electron chi connectivity index (χ4n) is 2.49. The van der Waals surface area contributed by atoms with Gasteiger partial charge in [-0.15, -0.1) is 0 Å². The van der Waals surface area contributed by atoms with Crippen LogP contribution in [-0.2, 0) is 0 Å². The Morgan fingerprint density at radius 2 is 1.96 bits per heavy atom. The summed E-state index contributed by atoms with van der Waals surface area (Å²) in [6.45, 7) is 8.33. The van der Waals surface area contributed by atoms with E-state index >= 15 is 0 Å². The molecular formula is C19H24ClN3O. The van der Waals surface area contributed by atoms with Gasteiger partial charge in [0.2, 0.25) is 0 Å². The Kier molecular flexibility index (Phi) is 6.50. The summed E-state index contributed by atoms with van der Waals surface area (Å²) in [5.74, 6) is 0. The van der Waals surface area contributed by atoms with E-state index in [1.807, 2.05) is 13.0 Å². The van der Waals surface area contributed by atoms with Crippen molar-refractivity contribution in [2.24, 2.45) is 0 Å². The summed E-state index contributed by atoms with van der Waals surface area (Å²) in [5.41, 5.74) is 4.11. The number of aryl methyl sites for hydroxylation is 2. The Bertz CT molecular complexity index is 703. The largest absolute Gasteiger partial charge is 0.370 e.